The van der Waals surface area contributed by atoms with Gasteiger partial charge in [0.25, 0.3) is 0 Å². The van der Waals surface area contributed by atoms with Crippen LogP contribution in [-0.2, 0) is 4.79 Å². The van der Waals surface area contributed by atoms with Gasteiger partial charge in [-0.2, -0.15) is 0 Å². The van der Waals surface area contributed by atoms with Crippen LogP contribution in [0.25, 0.3) is 6.08 Å². The molecule has 0 bridgehead atoms. The van der Waals surface area contributed by atoms with Gasteiger partial charge in [-0.15, -0.1) is 0 Å². The van der Waals surface area contributed by atoms with Crippen LogP contribution in [-0.4, -0.2) is 12.5 Å². The summed E-state index contributed by atoms with van der Waals surface area (Å²) in [6.45, 7) is 5.27. The average molecular weight is 288 g/mol. The molecule has 0 unspecified atom stereocenters. The van der Waals surface area contributed by atoms with Gasteiger partial charge in [0.05, 0.1) is 0 Å². The molecule has 0 aliphatic carbocycles. The first-order valence-electron chi connectivity index (χ1n) is 7.89. The van der Waals surface area contributed by atoms with E-state index >= 15 is 0 Å². The minimum Gasteiger partial charge on any atom is -0.399 e. The molecule has 0 aromatic heterocycles. The van der Waals surface area contributed by atoms with Gasteiger partial charge in [-0.3, -0.25) is 4.79 Å². The molecular weight excluding hydrogens is 260 g/mol. The lowest BCUT2D eigenvalue weighted by Gasteiger charge is -2.05. The molecule has 0 atom stereocenters. The lowest BCUT2D eigenvalue weighted by Crippen LogP contribution is -2.21. The predicted octanol–water partition coefficient (Wildman–Crippen LogP) is 4.00. The third kappa shape index (κ3) is 8.90. The van der Waals surface area contributed by atoms with Gasteiger partial charge in [-0.05, 0) is 36.1 Å². The van der Waals surface area contributed by atoms with E-state index in [1.165, 1.54) is 25.7 Å². The molecule has 0 saturated heterocycles. The van der Waals surface area contributed by atoms with E-state index in [1.807, 2.05) is 24.3 Å². The second-order valence-electron chi connectivity index (χ2n) is 5.89. The molecule has 0 heterocycles. The Morgan fingerprint density at radius 3 is 2.71 bits per heavy atom. The molecule has 1 rings (SSSR count). The molecule has 0 spiro atoms. The van der Waals surface area contributed by atoms with Crippen LogP contribution in [0.2, 0.25) is 0 Å². The van der Waals surface area contributed by atoms with Crippen molar-refractivity contribution in [3.8, 4) is 0 Å². The van der Waals surface area contributed by atoms with Crippen LogP contribution in [0, 0.1) is 5.92 Å². The number of nitrogen functional groups attached to an aromatic ring is 1. The summed E-state index contributed by atoms with van der Waals surface area (Å²) in [5, 5.41) is 2.91. The molecule has 0 radical (unpaired) electrons. The van der Waals surface area contributed by atoms with Crippen LogP contribution in [0.1, 0.15) is 51.5 Å². The van der Waals surface area contributed by atoms with E-state index in [9.17, 15) is 4.79 Å². The van der Waals surface area contributed by atoms with Gasteiger partial charge in [0, 0.05) is 18.3 Å². The maximum atomic E-state index is 11.7. The fourth-order valence-corrected chi connectivity index (χ4v) is 2.14. The minimum absolute atomic E-state index is 0.0420. The van der Waals surface area contributed by atoms with Gasteiger partial charge >= 0.3 is 0 Å². The number of anilines is 1. The Bertz CT molecular complexity index is 452. The van der Waals surface area contributed by atoms with Crippen LogP contribution in [0.5, 0.6) is 0 Å². The third-order valence-corrected chi connectivity index (χ3v) is 3.35. The molecule has 1 aromatic carbocycles. The number of nitrogens with one attached hydrogen (secondary N) is 1. The van der Waals surface area contributed by atoms with Gasteiger partial charge in [0.15, 0.2) is 0 Å². The van der Waals surface area contributed by atoms with Gasteiger partial charge < -0.3 is 11.1 Å². The molecule has 1 aromatic rings. The molecule has 3 N–H and O–H groups in total. The number of rotatable bonds is 9. The lowest BCUT2D eigenvalue weighted by atomic mass is 10.0. The Labute approximate surface area is 128 Å². The number of hydrogen-bond donors (Lipinski definition) is 2. The summed E-state index contributed by atoms with van der Waals surface area (Å²) in [7, 11) is 0. The number of carbonyl (C=O) groups excluding carboxylic acids is 1. The number of benzene rings is 1. The number of carbonyl (C=O) groups is 1. The smallest absolute Gasteiger partial charge is 0.243 e. The highest BCUT2D eigenvalue weighted by molar-refractivity contribution is 5.91. The summed E-state index contributed by atoms with van der Waals surface area (Å²) in [4.78, 5) is 11.7. The quantitative estimate of drug-likeness (QED) is 0.410. The van der Waals surface area contributed by atoms with Crippen molar-refractivity contribution in [3.05, 3.63) is 35.9 Å². The number of nitrogens with two attached hydrogens (primary N) is 1. The highest BCUT2D eigenvalue weighted by atomic mass is 16.1. The molecule has 0 fully saturated rings. The predicted molar refractivity (Wildman–Crippen MR) is 90.8 cm³/mol. The van der Waals surface area contributed by atoms with Crippen molar-refractivity contribution in [1.82, 2.24) is 5.32 Å². The van der Waals surface area contributed by atoms with Gasteiger partial charge in [0.2, 0.25) is 5.91 Å². The monoisotopic (exact) mass is 288 g/mol. The second kappa shape index (κ2) is 10.0. The zero-order chi connectivity index (χ0) is 15.5. The summed E-state index contributed by atoms with van der Waals surface area (Å²) in [5.74, 6) is 0.751. The van der Waals surface area contributed by atoms with E-state index in [0.29, 0.717) is 5.69 Å². The summed E-state index contributed by atoms with van der Waals surface area (Å²) >= 11 is 0. The Hall–Kier alpha value is -1.77. The van der Waals surface area contributed by atoms with Gasteiger partial charge in [0.1, 0.15) is 0 Å². The van der Waals surface area contributed by atoms with Crippen molar-refractivity contribution < 1.29 is 4.79 Å². The van der Waals surface area contributed by atoms with Gasteiger partial charge in [-0.25, -0.2) is 0 Å². The summed E-state index contributed by atoms with van der Waals surface area (Å²) in [6.07, 6.45) is 9.44. The van der Waals surface area contributed by atoms with Crippen molar-refractivity contribution in [1.29, 1.82) is 0 Å². The Balaban J connectivity index is 2.11. The van der Waals surface area contributed by atoms with E-state index in [4.69, 9.17) is 5.73 Å². The van der Waals surface area contributed by atoms with Crippen molar-refractivity contribution in [3.63, 3.8) is 0 Å². The fourth-order valence-electron chi connectivity index (χ4n) is 2.14. The first kappa shape index (κ1) is 17.3. The second-order valence-corrected chi connectivity index (χ2v) is 5.89. The molecule has 0 saturated carbocycles. The molecule has 3 heteroatoms. The van der Waals surface area contributed by atoms with Crippen molar-refractivity contribution >= 4 is 17.7 Å². The van der Waals surface area contributed by atoms with Crippen LogP contribution in [0.4, 0.5) is 5.69 Å². The maximum absolute atomic E-state index is 11.7. The standard InChI is InChI=1S/C18H28N2O/c1-15(2)8-5-3-4-6-13-20-18(21)12-11-16-9-7-10-17(19)14-16/h7,9-12,14-15H,3-6,8,13,19H2,1-2H3,(H,20,21)/b12-11+. The molecule has 3 nitrogen and oxygen atoms in total. The lowest BCUT2D eigenvalue weighted by molar-refractivity contribution is -0.116. The van der Waals surface area contributed by atoms with Crippen molar-refractivity contribution in [2.45, 2.75) is 46.0 Å². The number of hydrogen-bond acceptors (Lipinski definition) is 2. The molecule has 21 heavy (non-hydrogen) atoms. The summed E-state index contributed by atoms with van der Waals surface area (Å²) in [5.41, 5.74) is 7.34. The first-order valence-corrected chi connectivity index (χ1v) is 7.89. The molecule has 0 aliphatic rings. The van der Waals surface area contributed by atoms with Crippen LogP contribution >= 0.6 is 0 Å². The largest absolute Gasteiger partial charge is 0.399 e. The maximum Gasteiger partial charge on any atom is 0.243 e. The topological polar surface area (TPSA) is 55.1 Å². The Morgan fingerprint density at radius 1 is 1.24 bits per heavy atom. The Kier molecular flexibility index (Phi) is 8.25. The van der Waals surface area contributed by atoms with Crippen molar-refractivity contribution in [2.75, 3.05) is 12.3 Å². The molecule has 0 aliphatic heterocycles. The van der Waals surface area contributed by atoms with Crippen molar-refractivity contribution in [2.24, 2.45) is 5.92 Å². The number of unbranched alkanes of at least 4 members (excludes halogenated alkanes) is 3. The number of amides is 1. The minimum atomic E-state index is -0.0420. The highest BCUT2D eigenvalue weighted by Gasteiger charge is 1.97. The third-order valence-electron chi connectivity index (χ3n) is 3.35. The summed E-state index contributed by atoms with van der Waals surface area (Å²) < 4.78 is 0. The van der Waals surface area contributed by atoms with Gasteiger partial charge in [-0.1, -0.05) is 51.7 Å². The fraction of sp³-hybridized carbons (Fsp3) is 0.500. The molecule has 1 amide bonds. The van der Waals surface area contributed by atoms with E-state index in [1.54, 1.807) is 12.2 Å². The Morgan fingerprint density at radius 2 is 2.00 bits per heavy atom. The van der Waals surface area contributed by atoms with E-state index < -0.39 is 0 Å². The molecular formula is C18H28N2O. The summed E-state index contributed by atoms with van der Waals surface area (Å²) in [6, 6.07) is 7.48. The SMILES string of the molecule is CC(C)CCCCCCNC(=O)/C=C/c1cccc(N)c1. The van der Waals surface area contributed by atoms with Crippen LogP contribution < -0.4 is 11.1 Å². The molecule has 116 valence electrons. The zero-order valence-electron chi connectivity index (χ0n) is 13.3. The van der Waals surface area contributed by atoms with Crippen LogP contribution in [0.3, 0.4) is 0 Å². The first-order chi connectivity index (χ1) is 10.1. The zero-order valence-corrected chi connectivity index (χ0v) is 13.3. The normalized spacial score (nSPS) is 11.2. The van der Waals surface area contributed by atoms with E-state index in [2.05, 4.69) is 19.2 Å². The van der Waals surface area contributed by atoms with Crippen LogP contribution in [0.15, 0.2) is 30.3 Å². The van der Waals surface area contributed by atoms with E-state index in [-0.39, 0.29) is 5.91 Å². The highest BCUT2D eigenvalue weighted by Crippen LogP contribution is 2.09. The average Bonchev–Trinajstić information content (AvgIpc) is 2.44. The van der Waals surface area contributed by atoms with E-state index in [0.717, 1.165) is 24.4 Å².